The Kier molecular flexibility index (Phi) is 5.21. The van der Waals surface area contributed by atoms with Crippen LogP contribution in [0.5, 0.6) is 5.88 Å². The lowest BCUT2D eigenvalue weighted by atomic mass is 9.65. The van der Waals surface area contributed by atoms with E-state index in [9.17, 15) is 15.0 Å². The molecule has 0 amide bonds. The first-order valence-electron chi connectivity index (χ1n) is 7.93. The largest absolute Gasteiger partial charge is 0.480 e. The molecular weight excluding hydrogens is 294 g/mol. The maximum atomic E-state index is 11.2. The lowest BCUT2D eigenvalue weighted by Crippen LogP contribution is -2.37. The SMILES string of the molecule is CC.COc1nc2cc(C3(CO)CCC3)ccc2cc1C(=O)O. The third kappa shape index (κ3) is 3.01. The highest BCUT2D eigenvalue weighted by atomic mass is 16.5. The molecule has 0 spiro atoms. The predicted octanol–water partition coefficient (Wildman–Crippen LogP) is 3.38. The number of pyridine rings is 1. The number of aromatic carboxylic acids is 1. The predicted molar refractivity (Wildman–Crippen MR) is 89.2 cm³/mol. The summed E-state index contributed by atoms with van der Waals surface area (Å²) in [4.78, 5) is 15.5. The summed E-state index contributed by atoms with van der Waals surface area (Å²) in [6, 6.07) is 7.31. The van der Waals surface area contributed by atoms with E-state index in [0.717, 1.165) is 30.2 Å². The van der Waals surface area contributed by atoms with E-state index in [-0.39, 0.29) is 23.5 Å². The second-order valence-corrected chi connectivity index (χ2v) is 5.55. The number of benzene rings is 1. The van der Waals surface area contributed by atoms with Gasteiger partial charge in [-0.2, -0.15) is 0 Å². The third-order valence-corrected chi connectivity index (χ3v) is 4.43. The van der Waals surface area contributed by atoms with Crippen LogP contribution in [0.25, 0.3) is 10.9 Å². The van der Waals surface area contributed by atoms with Crippen LogP contribution in [-0.2, 0) is 5.41 Å². The highest BCUT2D eigenvalue weighted by Gasteiger charge is 2.38. The number of aromatic nitrogens is 1. The summed E-state index contributed by atoms with van der Waals surface area (Å²) in [6.45, 7) is 4.13. The number of carbonyl (C=O) groups is 1. The van der Waals surface area contributed by atoms with E-state index < -0.39 is 5.97 Å². The normalized spacial score (nSPS) is 15.3. The second kappa shape index (κ2) is 6.96. The van der Waals surface area contributed by atoms with Crippen LogP contribution in [0.15, 0.2) is 24.3 Å². The van der Waals surface area contributed by atoms with Gasteiger partial charge in [-0.1, -0.05) is 32.4 Å². The Morgan fingerprint density at radius 2 is 2.00 bits per heavy atom. The van der Waals surface area contributed by atoms with Crippen molar-refractivity contribution in [2.45, 2.75) is 38.5 Å². The van der Waals surface area contributed by atoms with Crippen LogP contribution < -0.4 is 4.74 Å². The van der Waals surface area contributed by atoms with Gasteiger partial charge in [0, 0.05) is 10.8 Å². The van der Waals surface area contributed by atoms with Crippen molar-refractivity contribution in [3.63, 3.8) is 0 Å². The Bertz CT molecular complexity index is 702. The topological polar surface area (TPSA) is 79.7 Å². The molecule has 23 heavy (non-hydrogen) atoms. The van der Waals surface area contributed by atoms with Crippen molar-refractivity contribution in [2.75, 3.05) is 13.7 Å². The quantitative estimate of drug-likeness (QED) is 0.903. The van der Waals surface area contributed by atoms with Crippen LogP contribution in [0.3, 0.4) is 0 Å². The molecule has 2 aromatic rings. The summed E-state index contributed by atoms with van der Waals surface area (Å²) in [7, 11) is 1.41. The fourth-order valence-electron chi connectivity index (χ4n) is 2.93. The molecule has 1 aromatic carbocycles. The van der Waals surface area contributed by atoms with Gasteiger partial charge < -0.3 is 14.9 Å². The standard InChI is InChI=1S/C16H17NO4.C2H6/c1-21-14-12(15(19)20)7-10-3-4-11(8-13(10)17-14)16(9-18)5-2-6-16;1-2/h3-4,7-8,18H,2,5-6,9H2,1H3,(H,19,20);1-2H3. The van der Waals surface area contributed by atoms with Gasteiger partial charge in [0.25, 0.3) is 0 Å². The number of methoxy groups -OCH3 is 1. The number of hydrogen-bond donors (Lipinski definition) is 2. The molecular formula is C18H23NO4. The van der Waals surface area contributed by atoms with Gasteiger partial charge >= 0.3 is 5.97 Å². The van der Waals surface area contributed by atoms with Crippen LogP contribution in [0.2, 0.25) is 0 Å². The Morgan fingerprint density at radius 3 is 2.48 bits per heavy atom. The lowest BCUT2D eigenvalue weighted by Gasteiger charge is -2.40. The molecule has 1 aromatic heterocycles. The average molecular weight is 317 g/mol. The smallest absolute Gasteiger partial charge is 0.341 e. The van der Waals surface area contributed by atoms with E-state index in [1.54, 1.807) is 6.07 Å². The molecule has 124 valence electrons. The molecule has 5 heteroatoms. The summed E-state index contributed by atoms with van der Waals surface area (Å²) < 4.78 is 5.07. The molecule has 1 aliphatic rings. The minimum absolute atomic E-state index is 0.0539. The second-order valence-electron chi connectivity index (χ2n) is 5.55. The number of fused-ring (bicyclic) bond motifs is 1. The molecule has 0 unspecified atom stereocenters. The van der Waals surface area contributed by atoms with Crippen molar-refractivity contribution in [3.8, 4) is 5.88 Å². The fraction of sp³-hybridized carbons (Fsp3) is 0.444. The van der Waals surface area contributed by atoms with Crippen molar-refractivity contribution < 1.29 is 19.7 Å². The van der Waals surface area contributed by atoms with Gasteiger partial charge in [0.1, 0.15) is 5.56 Å². The monoisotopic (exact) mass is 317 g/mol. The Labute approximate surface area is 135 Å². The summed E-state index contributed by atoms with van der Waals surface area (Å²) >= 11 is 0. The summed E-state index contributed by atoms with van der Waals surface area (Å²) in [5.74, 6) is -0.949. The van der Waals surface area contributed by atoms with Crippen LogP contribution in [-0.4, -0.2) is 34.9 Å². The number of ether oxygens (including phenoxy) is 1. The van der Waals surface area contributed by atoms with E-state index in [1.807, 2.05) is 32.0 Å². The number of carboxylic acid groups (broad SMARTS) is 1. The van der Waals surface area contributed by atoms with Crippen LogP contribution in [0.1, 0.15) is 49.0 Å². The summed E-state index contributed by atoms with van der Waals surface area (Å²) in [5.41, 5.74) is 1.64. The molecule has 1 fully saturated rings. The van der Waals surface area contributed by atoms with E-state index in [2.05, 4.69) is 4.98 Å². The number of carboxylic acids is 1. The molecule has 0 aliphatic heterocycles. The Morgan fingerprint density at radius 1 is 1.30 bits per heavy atom. The zero-order valence-corrected chi connectivity index (χ0v) is 13.8. The summed E-state index contributed by atoms with van der Waals surface area (Å²) in [6.07, 6.45) is 3.06. The van der Waals surface area contributed by atoms with Crippen molar-refractivity contribution in [1.29, 1.82) is 0 Å². The Balaban J connectivity index is 0.000000924. The molecule has 1 heterocycles. The average Bonchev–Trinajstić information content (AvgIpc) is 2.54. The molecule has 2 N–H and O–H groups in total. The van der Waals surface area contributed by atoms with Crippen molar-refractivity contribution >= 4 is 16.9 Å². The number of aliphatic hydroxyl groups excluding tert-OH is 1. The van der Waals surface area contributed by atoms with Gasteiger partial charge in [-0.3, -0.25) is 0 Å². The molecule has 3 rings (SSSR count). The fourth-order valence-corrected chi connectivity index (χ4v) is 2.93. The van der Waals surface area contributed by atoms with Gasteiger partial charge in [-0.15, -0.1) is 0 Å². The lowest BCUT2D eigenvalue weighted by molar-refractivity contribution is 0.0692. The van der Waals surface area contributed by atoms with Crippen molar-refractivity contribution in [2.24, 2.45) is 0 Å². The van der Waals surface area contributed by atoms with Gasteiger partial charge in [-0.25, -0.2) is 9.78 Å². The molecule has 1 aliphatic carbocycles. The van der Waals surface area contributed by atoms with E-state index in [1.165, 1.54) is 7.11 Å². The number of rotatable bonds is 4. The van der Waals surface area contributed by atoms with Gasteiger partial charge in [0.05, 0.1) is 19.2 Å². The highest BCUT2D eigenvalue weighted by Crippen LogP contribution is 2.44. The first kappa shape index (κ1) is 17.2. The highest BCUT2D eigenvalue weighted by molar-refractivity contribution is 5.95. The number of nitrogens with zero attached hydrogens (tertiary/aromatic N) is 1. The van der Waals surface area contributed by atoms with E-state index in [4.69, 9.17) is 4.74 Å². The molecule has 0 bridgehead atoms. The zero-order valence-electron chi connectivity index (χ0n) is 13.8. The molecule has 5 nitrogen and oxygen atoms in total. The van der Waals surface area contributed by atoms with Crippen molar-refractivity contribution in [3.05, 3.63) is 35.4 Å². The molecule has 0 radical (unpaired) electrons. The molecule has 0 saturated heterocycles. The van der Waals surface area contributed by atoms with E-state index in [0.29, 0.717) is 5.52 Å². The van der Waals surface area contributed by atoms with E-state index >= 15 is 0 Å². The zero-order chi connectivity index (χ0) is 17.0. The van der Waals surface area contributed by atoms with Gasteiger partial charge in [0.15, 0.2) is 0 Å². The first-order chi connectivity index (χ1) is 11.1. The van der Waals surface area contributed by atoms with Gasteiger partial charge in [0.2, 0.25) is 5.88 Å². The van der Waals surface area contributed by atoms with Crippen molar-refractivity contribution in [1.82, 2.24) is 4.98 Å². The Hall–Kier alpha value is -2.14. The van der Waals surface area contributed by atoms with Gasteiger partial charge in [-0.05, 0) is 30.5 Å². The molecule has 1 saturated carbocycles. The maximum absolute atomic E-state index is 11.2. The van der Waals surface area contributed by atoms with Crippen LogP contribution in [0, 0.1) is 0 Å². The minimum Gasteiger partial charge on any atom is -0.480 e. The first-order valence-corrected chi connectivity index (χ1v) is 7.93. The van der Waals surface area contributed by atoms with Crippen LogP contribution >= 0.6 is 0 Å². The third-order valence-electron chi connectivity index (χ3n) is 4.43. The maximum Gasteiger partial charge on any atom is 0.341 e. The van der Waals surface area contributed by atoms with Crippen LogP contribution in [0.4, 0.5) is 0 Å². The summed E-state index contributed by atoms with van der Waals surface area (Å²) in [5, 5.41) is 19.6. The minimum atomic E-state index is -1.06. The number of aliphatic hydroxyl groups is 1. The molecule has 0 atom stereocenters. The number of hydrogen-bond acceptors (Lipinski definition) is 4.